The normalized spacial score (nSPS) is 10.2. The Balaban J connectivity index is 1.78. The molecule has 1 aromatic heterocycles. The highest BCUT2D eigenvalue weighted by molar-refractivity contribution is 5.93. The molecule has 1 aromatic carbocycles. The number of hydrogen-bond donors (Lipinski definition) is 1. The molecule has 0 aliphatic carbocycles. The van der Waals surface area contributed by atoms with Crippen molar-refractivity contribution in [3.8, 4) is 0 Å². The number of ether oxygens (including phenoxy) is 1. The zero-order chi connectivity index (χ0) is 15.2. The smallest absolute Gasteiger partial charge is 0.325 e. The number of rotatable bonds is 5. The van der Waals surface area contributed by atoms with Crippen molar-refractivity contribution in [3.63, 3.8) is 0 Å². The van der Waals surface area contributed by atoms with Crippen molar-refractivity contribution in [2.24, 2.45) is 0 Å². The van der Waals surface area contributed by atoms with E-state index in [1.807, 2.05) is 26.0 Å². The highest BCUT2D eigenvalue weighted by Gasteiger charge is 2.11. The average molecular weight is 287 g/mol. The number of hydrogen-bond acceptors (Lipinski definition) is 4. The SMILES string of the molecule is Cc1cc(C)cc(COC(=O)CNC(=O)c2ccco2)c1. The van der Waals surface area contributed by atoms with E-state index in [2.05, 4.69) is 11.4 Å². The molecule has 0 radical (unpaired) electrons. The van der Waals surface area contributed by atoms with Gasteiger partial charge in [-0.05, 0) is 31.5 Å². The summed E-state index contributed by atoms with van der Waals surface area (Å²) in [4.78, 5) is 23.2. The molecule has 2 aromatic rings. The first-order valence-electron chi connectivity index (χ1n) is 6.59. The van der Waals surface area contributed by atoms with Crippen molar-refractivity contribution in [2.75, 3.05) is 6.54 Å². The third kappa shape index (κ3) is 4.49. The van der Waals surface area contributed by atoms with Crippen LogP contribution < -0.4 is 5.32 Å². The van der Waals surface area contributed by atoms with Crippen LogP contribution in [0.15, 0.2) is 41.0 Å². The molecule has 0 bridgehead atoms. The minimum Gasteiger partial charge on any atom is -0.460 e. The lowest BCUT2D eigenvalue weighted by Gasteiger charge is -2.07. The molecule has 5 nitrogen and oxygen atoms in total. The highest BCUT2D eigenvalue weighted by Crippen LogP contribution is 2.09. The lowest BCUT2D eigenvalue weighted by molar-refractivity contribution is -0.143. The Labute approximate surface area is 122 Å². The molecule has 0 atom stereocenters. The van der Waals surface area contributed by atoms with Gasteiger partial charge in [-0.2, -0.15) is 0 Å². The fourth-order valence-electron chi connectivity index (χ4n) is 2.01. The van der Waals surface area contributed by atoms with Crippen LogP contribution in [0.4, 0.5) is 0 Å². The molecule has 0 fully saturated rings. The molecule has 1 amide bonds. The maximum Gasteiger partial charge on any atom is 0.325 e. The molecular formula is C16H17NO4. The van der Waals surface area contributed by atoms with Crippen LogP contribution in [0.3, 0.4) is 0 Å². The van der Waals surface area contributed by atoms with Crippen LogP contribution in [-0.4, -0.2) is 18.4 Å². The Morgan fingerprint density at radius 3 is 2.52 bits per heavy atom. The maximum atomic E-state index is 11.6. The highest BCUT2D eigenvalue weighted by atomic mass is 16.5. The summed E-state index contributed by atoms with van der Waals surface area (Å²) >= 11 is 0. The Bertz CT molecular complexity index is 611. The maximum absolute atomic E-state index is 11.6. The molecule has 0 spiro atoms. The van der Waals surface area contributed by atoms with Crippen molar-refractivity contribution < 1.29 is 18.7 Å². The third-order valence-corrected chi connectivity index (χ3v) is 2.82. The summed E-state index contributed by atoms with van der Waals surface area (Å²) in [5.74, 6) is -0.769. The summed E-state index contributed by atoms with van der Waals surface area (Å²) in [6.07, 6.45) is 1.40. The van der Waals surface area contributed by atoms with Crippen LogP contribution in [0.2, 0.25) is 0 Å². The van der Waals surface area contributed by atoms with Gasteiger partial charge in [0.2, 0.25) is 0 Å². The first-order valence-corrected chi connectivity index (χ1v) is 6.59. The van der Waals surface area contributed by atoms with E-state index in [1.54, 1.807) is 6.07 Å². The van der Waals surface area contributed by atoms with Gasteiger partial charge in [0.15, 0.2) is 5.76 Å². The number of amides is 1. The monoisotopic (exact) mass is 287 g/mol. The number of furan rings is 1. The van der Waals surface area contributed by atoms with Gasteiger partial charge in [0.05, 0.1) is 6.26 Å². The van der Waals surface area contributed by atoms with Gasteiger partial charge in [-0.25, -0.2) is 0 Å². The van der Waals surface area contributed by atoms with Crippen LogP contribution in [-0.2, 0) is 16.1 Å². The quantitative estimate of drug-likeness (QED) is 0.857. The average Bonchev–Trinajstić information content (AvgIpc) is 2.95. The Morgan fingerprint density at radius 2 is 1.90 bits per heavy atom. The molecule has 1 N–H and O–H groups in total. The predicted octanol–water partition coefficient (Wildman–Crippen LogP) is 2.37. The van der Waals surface area contributed by atoms with Gasteiger partial charge in [0.1, 0.15) is 13.2 Å². The van der Waals surface area contributed by atoms with E-state index < -0.39 is 11.9 Å². The van der Waals surface area contributed by atoms with Gasteiger partial charge in [0.25, 0.3) is 5.91 Å². The van der Waals surface area contributed by atoms with Gasteiger partial charge in [-0.1, -0.05) is 29.3 Å². The lowest BCUT2D eigenvalue weighted by atomic mass is 10.1. The molecule has 0 unspecified atom stereocenters. The second-order valence-electron chi connectivity index (χ2n) is 4.82. The van der Waals surface area contributed by atoms with Crippen LogP contribution in [0.5, 0.6) is 0 Å². The van der Waals surface area contributed by atoms with Gasteiger partial charge in [-0.3, -0.25) is 9.59 Å². The minimum absolute atomic E-state index is 0.164. The van der Waals surface area contributed by atoms with Gasteiger partial charge in [-0.15, -0.1) is 0 Å². The van der Waals surface area contributed by atoms with Crippen molar-refractivity contribution in [3.05, 3.63) is 59.0 Å². The Kier molecular flexibility index (Phi) is 4.77. The summed E-state index contributed by atoms with van der Waals surface area (Å²) in [5.41, 5.74) is 3.16. The first-order chi connectivity index (χ1) is 10.0. The second-order valence-corrected chi connectivity index (χ2v) is 4.82. The second kappa shape index (κ2) is 6.74. The van der Waals surface area contributed by atoms with E-state index in [0.717, 1.165) is 16.7 Å². The topological polar surface area (TPSA) is 68.5 Å². The molecule has 1 heterocycles. The molecule has 0 aliphatic heterocycles. The lowest BCUT2D eigenvalue weighted by Crippen LogP contribution is -2.30. The van der Waals surface area contributed by atoms with Crippen LogP contribution in [0.25, 0.3) is 0 Å². The molecule has 2 rings (SSSR count). The van der Waals surface area contributed by atoms with E-state index in [1.165, 1.54) is 12.3 Å². The van der Waals surface area contributed by atoms with Crippen molar-refractivity contribution in [1.82, 2.24) is 5.32 Å². The molecule has 0 saturated heterocycles. The summed E-state index contributed by atoms with van der Waals surface area (Å²) in [7, 11) is 0. The van der Waals surface area contributed by atoms with Crippen LogP contribution in [0, 0.1) is 13.8 Å². The predicted molar refractivity (Wildman–Crippen MR) is 76.8 cm³/mol. The van der Waals surface area contributed by atoms with E-state index in [0.29, 0.717) is 0 Å². The molecule has 0 aliphatic rings. The van der Waals surface area contributed by atoms with Gasteiger partial charge >= 0.3 is 5.97 Å². The largest absolute Gasteiger partial charge is 0.460 e. The zero-order valence-electron chi connectivity index (χ0n) is 12.0. The molecule has 21 heavy (non-hydrogen) atoms. The summed E-state index contributed by atoms with van der Waals surface area (Å²) in [6.45, 7) is 3.98. The number of benzene rings is 1. The van der Waals surface area contributed by atoms with Gasteiger partial charge < -0.3 is 14.5 Å². The van der Waals surface area contributed by atoms with E-state index >= 15 is 0 Å². The fraction of sp³-hybridized carbons (Fsp3) is 0.250. The number of esters is 1. The standard InChI is InChI=1S/C16H17NO4/c1-11-6-12(2)8-13(7-11)10-21-15(18)9-17-16(19)14-4-3-5-20-14/h3-8H,9-10H2,1-2H3,(H,17,19). The minimum atomic E-state index is -0.492. The van der Waals surface area contributed by atoms with E-state index in [4.69, 9.17) is 9.15 Å². The molecule has 5 heteroatoms. The first kappa shape index (κ1) is 14.8. The van der Waals surface area contributed by atoms with Crippen LogP contribution in [0.1, 0.15) is 27.2 Å². The zero-order valence-corrected chi connectivity index (χ0v) is 12.0. The fourth-order valence-corrected chi connectivity index (χ4v) is 2.01. The Morgan fingerprint density at radius 1 is 1.19 bits per heavy atom. The Hall–Kier alpha value is -2.56. The number of nitrogens with one attached hydrogen (secondary N) is 1. The van der Waals surface area contributed by atoms with Crippen molar-refractivity contribution >= 4 is 11.9 Å². The number of carbonyl (C=O) groups excluding carboxylic acids is 2. The molecule has 110 valence electrons. The van der Waals surface area contributed by atoms with Crippen molar-refractivity contribution in [2.45, 2.75) is 20.5 Å². The third-order valence-electron chi connectivity index (χ3n) is 2.82. The number of carbonyl (C=O) groups is 2. The van der Waals surface area contributed by atoms with E-state index in [9.17, 15) is 9.59 Å². The summed E-state index contributed by atoms with van der Waals surface area (Å²) in [6, 6.07) is 9.10. The summed E-state index contributed by atoms with van der Waals surface area (Å²) in [5, 5.41) is 2.44. The molecule has 0 saturated carbocycles. The van der Waals surface area contributed by atoms with Crippen molar-refractivity contribution in [1.29, 1.82) is 0 Å². The summed E-state index contributed by atoms with van der Waals surface area (Å²) < 4.78 is 10.0. The van der Waals surface area contributed by atoms with Gasteiger partial charge in [0, 0.05) is 0 Å². The van der Waals surface area contributed by atoms with Crippen LogP contribution >= 0.6 is 0 Å². The number of aryl methyl sites for hydroxylation is 2. The van der Waals surface area contributed by atoms with E-state index in [-0.39, 0.29) is 18.9 Å². The molecular weight excluding hydrogens is 270 g/mol.